The molecule has 10 nitrogen and oxygen atoms in total. The lowest BCUT2D eigenvalue weighted by Gasteiger charge is -2.27. The standard InChI is InChI=1S/C26H28F2N2O8S/c1-34-7-8-37-24(17-3-2-4-20(11-17)38-26(27)28)25(31)29-13-18-15-30(16-19(18)14-29)39(32,33)21-5-6-22-23(12-21)36-10-9-35-22/h2-6,11-12,24,26H,7-10,13-16H2,1H3. The van der Waals surface area contributed by atoms with Gasteiger partial charge in [-0.3, -0.25) is 4.79 Å². The highest BCUT2D eigenvalue weighted by Crippen LogP contribution is 2.36. The summed E-state index contributed by atoms with van der Waals surface area (Å²) >= 11 is 0. The van der Waals surface area contributed by atoms with Crippen LogP contribution >= 0.6 is 0 Å². The van der Waals surface area contributed by atoms with Gasteiger partial charge < -0.3 is 28.6 Å². The van der Waals surface area contributed by atoms with E-state index in [9.17, 15) is 22.0 Å². The van der Waals surface area contributed by atoms with E-state index in [0.29, 0.717) is 30.3 Å². The van der Waals surface area contributed by atoms with Crippen LogP contribution in [0.25, 0.3) is 0 Å². The summed E-state index contributed by atoms with van der Waals surface area (Å²) in [6.07, 6.45) is -1.07. The Balaban J connectivity index is 1.27. The van der Waals surface area contributed by atoms with Crippen LogP contribution in [-0.4, -0.2) is 89.9 Å². The van der Waals surface area contributed by atoms with Gasteiger partial charge in [0.25, 0.3) is 5.91 Å². The van der Waals surface area contributed by atoms with Crippen LogP contribution in [-0.2, 0) is 24.3 Å². The molecule has 2 aromatic rings. The van der Waals surface area contributed by atoms with Crippen molar-refractivity contribution in [2.24, 2.45) is 0 Å². The van der Waals surface area contributed by atoms with Crippen molar-refractivity contribution in [2.75, 3.05) is 59.7 Å². The number of rotatable bonds is 10. The number of ether oxygens (including phenoxy) is 5. The Kier molecular flexibility index (Phi) is 8.03. The number of halogens is 2. The molecule has 0 N–H and O–H groups in total. The first-order chi connectivity index (χ1) is 18.8. The number of methoxy groups -OCH3 is 1. The first-order valence-electron chi connectivity index (χ1n) is 12.3. The summed E-state index contributed by atoms with van der Waals surface area (Å²) in [4.78, 5) is 15.2. The van der Waals surface area contributed by atoms with Gasteiger partial charge >= 0.3 is 6.61 Å². The van der Waals surface area contributed by atoms with Gasteiger partial charge in [-0.25, -0.2) is 8.42 Å². The third kappa shape index (κ3) is 5.86. The molecule has 0 saturated heterocycles. The normalized spacial score (nSPS) is 18.0. The molecule has 0 radical (unpaired) electrons. The van der Waals surface area contributed by atoms with Crippen LogP contribution in [0.4, 0.5) is 8.78 Å². The second kappa shape index (κ2) is 11.5. The van der Waals surface area contributed by atoms with Gasteiger partial charge in [0.2, 0.25) is 10.0 Å². The zero-order valence-corrected chi connectivity index (χ0v) is 22.0. The fourth-order valence-corrected chi connectivity index (χ4v) is 6.23. The number of benzene rings is 2. The van der Waals surface area contributed by atoms with E-state index in [1.54, 1.807) is 17.0 Å². The van der Waals surface area contributed by atoms with Gasteiger partial charge in [0, 0.05) is 39.4 Å². The second-order valence-electron chi connectivity index (χ2n) is 9.17. The summed E-state index contributed by atoms with van der Waals surface area (Å²) in [5.74, 6) is 0.444. The average molecular weight is 567 g/mol. The topological polar surface area (TPSA) is 104 Å². The van der Waals surface area contributed by atoms with Gasteiger partial charge in [-0.2, -0.15) is 13.1 Å². The Morgan fingerprint density at radius 1 is 0.974 bits per heavy atom. The minimum atomic E-state index is -3.80. The van der Waals surface area contributed by atoms with Gasteiger partial charge in [0.1, 0.15) is 19.0 Å². The highest BCUT2D eigenvalue weighted by atomic mass is 32.2. The number of alkyl halides is 2. The van der Waals surface area contributed by atoms with Crippen LogP contribution in [0, 0.1) is 0 Å². The number of hydrogen-bond donors (Lipinski definition) is 0. The molecule has 0 saturated carbocycles. The van der Waals surface area contributed by atoms with Crippen LogP contribution in [0.1, 0.15) is 11.7 Å². The molecule has 0 aromatic heterocycles. The number of nitrogens with zero attached hydrogens (tertiary/aromatic N) is 2. The average Bonchev–Trinajstić information content (AvgIpc) is 3.51. The first-order valence-corrected chi connectivity index (χ1v) is 13.7. The maximum absolute atomic E-state index is 13.5. The molecule has 0 aliphatic carbocycles. The van der Waals surface area contributed by atoms with Crippen LogP contribution < -0.4 is 14.2 Å². The molecule has 3 aliphatic heterocycles. The smallest absolute Gasteiger partial charge is 0.387 e. The van der Waals surface area contributed by atoms with Gasteiger partial charge in [-0.05, 0) is 41.0 Å². The quantitative estimate of drug-likeness (QED) is 0.320. The zero-order chi connectivity index (χ0) is 27.6. The molecule has 0 bridgehead atoms. The largest absolute Gasteiger partial charge is 0.486 e. The van der Waals surface area contributed by atoms with E-state index in [1.165, 1.54) is 41.7 Å². The molecule has 210 valence electrons. The number of hydrogen-bond acceptors (Lipinski definition) is 8. The van der Waals surface area contributed by atoms with Crippen LogP contribution in [0.3, 0.4) is 0 Å². The Morgan fingerprint density at radius 3 is 2.38 bits per heavy atom. The number of carbonyl (C=O) groups excluding carboxylic acids is 1. The predicted molar refractivity (Wildman–Crippen MR) is 133 cm³/mol. The minimum absolute atomic E-state index is 0.0855. The SMILES string of the molecule is COCCOC(C(=O)N1CC2=C(C1)CN(S(=O)(=O)c1ccc3c(c1)OCCO3)C2)c1cccc(OC(F)F)c1. The number of fused-ring (bicyclic) bond motifs is 1. The van der Waals surface area contributed by atoms with Crippen molar-refractivity contribution in [1.29, 1.82) is 0 Å². The predicted octanol–water partition coefficient (Wildman–Crippen LogP) is 2.61. The van der Waals surface area contributed by atoms with E-state index in [0.717, 1.165) is 11.1 Å². The molecule has 2 aromatic carbocycles. The summed E-state index contributed by atoms with van der Waals surface area (Å²) < 4.78 is 79.8. The van der Waals surface area contributed by atoms with Gasteiger partial charge in [-0.15, -0.1) is 0 Å². The second-order valence-corrected chi connectivity index (χ2v) is 11.1. The van der Waals surface area contributed by atoms with Crippen molar-refractivity contribution in [2.45, 2.75) is 17.6 Å². The highest BCUT2D eigenvalue weighted by molar-refractivity contribution is 7.89. The molecule has 1 unspecified atom stereocenters. The molecule has 3 aliphatic rings. The van der Waals surface area contributed by atoms with E-state index >= 15 is 0 Å². The monoisotopic (exact) mass is 566 g/mol. The molecule has 13 heteroatoms. The van der Waals surface area contributed by atoms with E-state index in [-0.39, 0.29) is 55.9 Å². The molecular formula is C26H28F2N2O8S. The third-order valence-corrected chi connectivity index (χ3v) is 8.43. The van der Waals surface area contributed by atoms with Gasteiger partial charge in [0.15, 0.2) is 17.6 Å². The number of amides is 1. The molecule has 5 rings (SSSR count). The van der Waals surface area contributed by atoms with Crippen molar-refractivity contribution < 1.29 is 45.7 Å². The maximum Gasteiger partial charge on any atom is 0.387 e. The number of carbonyl (C=O) groups is 1. The zero-order valence-electron chi connectivity index (χ0n) is 21.2. The summed E-state index contributed by atoms with van der Waals surface area (Å²) in [7, 11) is -2.31. The molecular weight excluding hydrogens is 538 g/mol. The maximum atomic E-state index is 13.5. The summed E-state index contributed by atoms with van der Waals surface area (Å²) in [5, 5.41) is 0. The molecule has 1 atom stereocenters. The lowest BCUT2D eigenvalue weighted by Crippen LogP contribution is -2.39. The van der Waals surface area contributed by atoms with Crippen LogP contribution in [0.15, 0.2) is 58.5 Å². The van der Waals surface area contributed by atoms with Crippen molar-refractivity contribution in [3.05, 3.63) is 59.2 Å². The first kappa shape index (κ1) is 27.3. The summed E-state index contributed by atoms with van der Waals surface area (Å²) in [6, 6.07) is 10.4. The Hall–Kier alpha value is -3.26. The molecule has 0 spiro atoms. The van der Waals surface area contributed by atoms with E-state index in [1.807, 2.05) is 0 Å². The molecule has 3 heterocycles. The van der Waals surface area contributed by atoms with E-state index in [2.05, 4.69) is 4.74 Å². The summed E-state index contributed by atoms with van der Waals surface area (Å²) in [6.45, 7) is -1.13. The molecule has 0 fully saturated rings. The van der Waals surface area contributed by atoms with Gasteiger partial charge in [-0.1, -0.05) is 12.1 Å². The lowest BCUT2D eigenvalue weighted by molar-refractivity contribution is -0.144. The Bertz CT molecular complexity index is 1350. The summed E-state index contributed by atoms with van der Waals surface area (Å²) in [5.41, 5.74) is 2.05. The van der Waals surface area contributed by atoms with Crippen LogP contribution in [0.5, 0.6) is 17.2 Å². The van der Waals surface area contributed by atoms with Crippen molar-refractivity contribution in [3.8, 4) is 17.2 Å². The number of sulfonamides is 1. The minimum Gasteiger partial charge on any atom is -0.486 e. The fraction of sp³-hybridized carbons (Fsp3) is 0.423. The van der Waals surface area contributed by atoms with E-state index in [4.69, 9.17) is 18.9 Å². The Labute approximate surface area is 224 Å². The highest BCUT2D eigenvalue weighted by Gasteiger charge is 2.40. The van der Waals surface area contributed by atoms with Crippen molar-refractivity contribution >= 4 is 15.9 Å². The van der Waals surface area contributed by atoms with Crippen molar-refractivity contribution in [3.63, 3.8) is 0 Å². The van der Waals surface area contributed by atoms with Crippen LogP contribution in [0.2, 0.25) is 0 Å². The van der Waals surface area contributed by atoms with Gasteiger partial charge in [0.05, 0.1) is 18.1 Å². The Morgan fingerprint density at radius 2 is 1.69 bits per heavy atom. The lowest BCUT2D eigenvalue weighted by atomic mass is 10.1. The fourth-order valence-electron chi connectivity index (χ4n) is 4.78. The van der Waals surface area contributed by atoms with E-state index < -0.39 is 22.7 Å². The van der Waals surface area contributed by atoms with Crippen molar-refractivity contribution in [1.82, 2.24) is 9.21 Å². The third-order valence-electron chi connectivity index (χ3n) is 6.64. The molecule has 1 amide bonds. The molecule has 39 heavy (non-hydrogen) atoms.